The Bertz CT molecular complexity index is 1710. The molecule has 0 bridgehead atoms. The van der Waals surface area contributed by atoms with Gasteiger partial charge in [0.15, 0.2) is 0 Å². The second-order valence-corrected chi connectivity index (χ2v) is 11.5. The highest BCUT2D eigenvalue weighted by atomic mass is 32.2. The van der Waals surface area contributed by atoms with Crippen LogP contribution in [0.3, 0.4) is 0 Å². The number of rotatable bonds is 10. The van der Waals surface area contributed by atoms with Gasteiger partial charge in [0.2, 0.25) is 0 Å². The zero-order valence-corrected chi connectivity index (χ0v) is 22.5. The SMILES string of the molecule is COc1ccccc1NS(=O)(=O)c1ccc(NC(=O)c2cccc(S(=O)(=O)Nc3ccccc3OC)c2)cc1. The molecule has 0 aliphatic carbocycles. The summed E-state index contributed by atoms with van der Waals surface area (Å²) in [5.41, 5.74) is 0.946. The fourth-order valence-electron chi connectivity index (χ4n) is 3.59. The molecule has 12 heteroatoms. The maximum atomic E-state index is 12.9. The Hall–Kier alpha value is -4.55. The second kappa shape index (κ2) is 11.5. The average molecular weight is 568 g/mol. The van der Waals surface area contributed by atoms with Gasteiger partial charge in [-0.05, 0) is 66.7 Å². The number of hydrogen-bond donors (Lipinski definition) is 3. The van der Waals surface area contributed by atoms with Gasteiger partial charge in [-0.1, -0.05) is 30.3 Å². The number of nitrogens with one attached hydrogen (secondary N) is 3. The van der Waals surface area contributed by atoms with Gasteiger partial charge in [-0.25, -0.2) is 16.8 Å². The maximum absolute atomic E-state index is 12.9. The van der Waals surface area contributed by atoms with Crippen molar-refractivity contribution in [2.24, 2.45) is 0 Å². The average Bonchev–Trinajstić information content (AvgIpc) is 2.93. The van der Waals surface area contributed by atoms with Crippen molar-refractivity contribution in [2.45, 2.75) is 9.79 Å². The van der Waals surface area contributed by atoms with Crippen molar-refractivity contribution in [2.75, 3.05) is 29.0 Å². The highest BCUT2D eigenvalue weighted by Crippen LogP contribution is 2.28. The molecule has 4 aromatic carbocycles. The monoisotopic (exact) mass is 567 g/mol. The normalized spacial score (nSPS) is 11.3. The van der Waals surface area contributed by atoms with E-state index in [9.17, 15) is 21.6 Å². The largest absolute Gasteiger partial charge is 0.495 e. The first-order valence-electron chi connectivity index (χ1n) is 11.5. The molecule has 0 radical (unpaired) electrons. The molecule has 0 aliphatic rings. The molecule has 0 aliphatic heterocycles. The van der Waals surface area contributed by atoms with Crippen LogP contribution in [0.25, 0.3) is 0 Å². The van der Waals surface area contributed by atoms with Gasteiger partial charge in [0.25, 0.3) is 26.0 Å². The number of hydrogen-bond acceptors (Lipinski definition) is 7. The van der Waals surface area contributed by atoms with Crippen molar-refractivity contribution in [3.63, 3.8) is 0 Å². The van der Waals surface area contributed by atoms with Crippen LogP contribution in [0, 0.1) is 0 Å². The number of amides is 1. The molecular formula is C27H25N3O7S2. The Balaban J connectivity index is 1.48. The molecule has 0 saturated carbocycles. The van der Waals surface area contributed by atoms with Crippen LogP contribution in [0.4, 0.5) is 17.1 Å². The van der Waals surface area contributed by atoms with E-state index in [4.69, 9.17) is 9.47 Å². The number of ether oxygens (including phenoxy) is 2. The van der Waals surface area contributed by atoms with E-state index in [0.29, 0.717) is 17.2 Å². The van der Waals surface area contributed by atoms with Gasteiger partial charge >= 0.3 is 0 Å². The molecule has 0 spiro atoms. The van der Waals surface area contributed by atoms with Crippen LogP contribution >= 0.6 is 0 Å². The molecule has 0 atom stereocenters. The van der Waals surface area contributed by atoms with Crippen LogP contribution in [0.1, 0.15) is 10.4 Å². The fraction of sp³-hybridized carbons (Fsp3) is 0.0741. The molecular weight excluding hydrogens is 542 g/mol. The molecule has 4 rings (SSSR count). The number of carbonyl (C=O) groups excluding carboxylic acids is 1. The predicted molar refractivity (Wildman–Crippen MR) is 148 cm³/mol. The van der Waals surface area contributed by atoms with Gasteiger partial charge in [0.05, 0.1) is 35.4 Å². The first-order chi connectivity index (χ1) is 18.6. The summed E-state index contributed by atoms with van der Waals surface area (Å²) in [4.78, 5) is 12.7. The third-order valence-corrected chi connectivity index (χ3v) is 8.28. The topological polar surface area (TPSA) is 140 Å². The van der Waals surface area contributed by atoms with E-state index in [-0.39, 0.29) is 26.7 Å². The quantitative estimate of drug-likeness (QED) is 0.255. The van der Waals surface area contributed by atoms with Gasteiger partial charge in [0.1, 0.15) is 11.5 Å². The number of carbonyl (C=O) groups is 1. The van der Waals surface area contributed by atoms with Crippen LogP contribution in [-0.4, -0.2) is 37.0 Å². The molecule has 3 N–H and O–H groups in total. The standard InChI is InChI=1S/C27H25N3O7S2/c1-36-25-12-5-3-10-23(25)29-38(32,33)21-16-14-20(15-17-21)28-27(31)19-8-7-9-22(18-19)39(34,35)30-24-11-4-6-13-26(24)37-2/h3-18,29-30H,1-2H3,(H,28,31). The molecule has 0 unspecified atom stereocenters. The Labute approximate surface area is 226 Å². The van der Waals surface area contributed by atoms with Crippen molar-refractivity contribution in [1.82, 2.24) is 0 Å². The summed E-state index contributed by atoms with van der Waals surface area (Å²) in [6, 6.07) is 24.2. The first kappa shape index (κ1) is 27.5. The van der Waals surface area contributed by atoms with Gasteiger partial charge in [-0.15, -0.1) is 0 Å². The molecule has 0 aromatic heterocycles. The number of anilines is 3. The third kappa shape index (κ3) is 6.48. The fourth-order valence-corrected chi connectivity index (χ4v) is 5.78. The Morgan fingerprint density at radius 1 is 0.615 bits per heavy atom. The lowest BCUT2D eigenvalue weighted by Crippen LogP contribution is -2.16. The summed E-state index contributed by atoms with van der Waals surface area (Å²) < 4.78 is 66.8. The van der Waals surface area contributed by atoms with E-state index in [0.717, 1.165) is 0 Å². The van der Waals surface area contributed by atoms with Gasteiger partial charge in [-0.3, -0.25) is 14.2 Å². The smallest absolute Gasteiger partial charge is 0.262 e. The number of benzene rings is 4. The highest BCUT2D eigenvalue weighted by Gasteiger charge is 2.19. The summed E-state index contributed by atoms with van der Waals surface area (Å²) in [5, 5.41) is 2.64. The van der Waals surface area contributed by atoms with Crippen LogP contribution in [0.5, 0.6) is 11.5 Å². The predicted octanol–water partition coefficient (Wildman–Crippen LogP) is 4.56. The molecule has 39 heavy (non-hydrogen) atoms. The van der Waals surface area contributed by atoms with E-state index in [1.165, 1.54) is 62.8 Å². The minimum Gasteiger partial charge on any atom is -0.495 e. The van der Waals surface area contributed by atoms with E-state index >= 15 is 0 Å². The Morgan fingerprint density at radius 3 is 1.67 bits per heavy atom. The van der Waals surface area contributed by atoms with Crippen molar-refractivity contribution in [3.05, 3.63) is 103 Å². The summed E-state index contributed by atoms with van der Waals surface area (Å²) in [6.07, 6.45) is 0. The lowest BCUT2D eigenvalue weighted by atomic mass is 10.2. The summed E-state index contributed by atoms with van der Waals surface area (Å²) in [5.74, 6) is 0.137. The lowest BCUT2D eigenvalue weighted by molar-refractivity contribution is 0.102. The van der Waals surface area contributed by atoms with Gasteiger partial charge in [-0.2, -0.15) is 0 Å². The molecule has 1 amide bonds. The van der Waals surface area contributed by atoms with Crippen LogP contribution < -0.4 is 24.2 Å². The van der Waals surface area contributed by atoms with E-state index < -0.39 is 26.0 Å². The molecule has 0 heterocycles. The zero-order chi connectivity index (χ0) is 28.0. The van der Waals surface area contributed by atoms with Crippen molar-refractivity contribution >= 4 is 43.0 Å². The number of sulfonamides is 2. The Morgan fingerprint density at radius 2 is 1.13 bits per heavy atom. The molecule has 4 aromatic rings. The zero-order valence-electron chi connectivity index (χ0n) is 20.9. The second-order valence-electron chi connectivity index (χ2n) is 8.12. The van der Waals surface area contributed by atoms with Crippen LogP contribution in [0.15, 0.2) is 107 Å². The van der Waals surface area contributed by atoms with Gasteiger partial charge < -0.3 is 14.8 Å². The summed E-state index contributed by atoms with van der Waals surface area (Å²) >= 11 is 0. The van der Waals surface area contributed by atoms with E-state index in [2.05, 4.69) is 14.8 Å². The van der Waals surface area contributed by atoms with Crippen molar-refractivity contribution in [3.8, 4) is 11.5 Å². The van der Waals surface area contributed by atoms with E-state index in [1.807, 2.05) is 0 Å². The molecule has 0 fully saturated rings. The van der Waals surface area contributed by atoms with Crippen LogP contribution in [0.2, 0.25) is 0 Å². The van der Waals surface area contributed by atoms with Crippen molar-refractivity contribution < 1.29 is 31.1 Å². The number of para-hydroxylation sites is 4. The third-order valence-electron chi connectivity index (χ3n) is 5.53. The lowest BCUT2D eigenvalue weighted by Gasteiger charge is -2.13. The Kier molecular flexibility index (Phi) is 8.07. The minimum atomic E-state index is -4.02. The van der Waals surface area contributed by atoms with Crippen LogP contribution in [-0.2, 0) is 20.0 Å². The first-order valence-corrected chi connectivity index (χ1v) is 14.4. The number of methoxy groups -OCH3 is 2. The minimum absolute atomic E-state index is 0.0260. The van der Waals surface area contributed by atoms with Gasteiger partial charge in [0, 0.05) is 11.3 Å². The maximum Gasteiger partial charge on any atom is 0.262 e. The summed E-state index contributed by atoms with van der Waals surface area (Å²) in [6.45, 7) is 0. The summed E-state index contributed by atoms with van der Waals surface area (Å²) in [7, 11) is -5.08. The molecule has 0 saturated heterocycles. The molecule has 10 nitrogen and oxygen atoms in total. The van der Waals surface area contributed by atoms with E-state index in [1.54, 1.807) is 48.5 Å². The van der Waals surface area contributed by atoms with Crippen molar-refractivity contribution in [1.29, 1.82) is 0 Å². The highest BCUT2D eigenvalue weighted by molar-refractivity contribution is 7.93. The molecule has 202 valence electrons.